The second-order valence-corrected chi connectivity index (χ2v) is 14.6. The van der Waals surface area contributed by atoms with Crippen LogP contribution in [0.15, 0.2) is 212 Å². The Hall–Kier alpha value is -8.02. The Morgan fingerprint density at radius 2 is 0.847 bits per heavy atom. The van der Waals surface area contributed by atoms with Gasteiger partial charge >= 0.3 is 0 Å². The van der Waals surface area contributed by atoms with Crippen LogP contribution in [0.5, 0.6) is 0 Å². The lowest BCUT2D eigenvalue weighted by Gasteiger charge is -2.15. The second kappa shape index (κ2) is 14.5. The van der Waals surface area contributed by atoms with Gasteiger partial charge in [-0.15, -0.1) is 0 Å². The maximum Gasteiger partial charge on any atom is 0.160 e. The van der Waals surface area contributed by atoms with Crippen LogP contribution in [0, 0.1) is 0 Å². The van der Waals surface area contributed by atoms with Crippen LogP contribution in [0.25, 0.3) is 106 Å². The highest BCUT2D eigenvalue weighted by Gasteiger charge is 2.22. The van der Waals surface area contributed by atoms with E-state index in [-0.39, 0.29) is 0 Å². The summed E-state index contributed by atoms with van der Waals surface area (Å²) in [5, 5.41) is 3.17. The maximum absolute atomic E-state index is 5.52. The molecule has 0 aliphatic heterocycles. The van der Waals surface area contributed by atoms with E-state index in [2.05, 4.69) is 168 Å². The molecule has 0 aliphatic carbocycles. The van der Waals surface area contributed by atoms with Gasteiger partial charge in [-0.25, -0.2) is 19.9 Å². The minimum absolute atomic E-state index is 0.695. The lowest BCUT2D eigenvalue weighted by molar-refractivity contribution is 1.18. The number of fused-ring (bicyclic) bond motifs is 5. The van der Waals surface area contributed by atoms with E-state index in [1.165, 1.54) is 0 Å². The fraction of sp³-hybridized carbons (Fsp3) is 0. The summed E-state index contributed by atoms with van der Waals surface area (Å²) >= 11 is 0. The van der Waals surface area contributed by atoms with Gasteiger partial charge in [-0.05, 0) is 17.7 Å². The van der Waals surface area contributed by atoms with Crippen LogP contribution in [-0.2, 0) is 0 Å². The molecule has 0 radical (unpaired) electrons. The highest BCUT2D eigenvalue weighted by Crippen LogP contribution is 2.42. The Morgan fingerprint density at radius 3 is 1.46 bits per heavy atom. The zero-order chi connectivity index (χ0) is 39.1. The number of aromatic nitrogens is 5. The largest absolute Gasteiger partial charge is 0.298 e. The quantitative estimate of drug-likeness (QED) is 0.152. The number of hydrogen-bond acceptors (Lipinski definition) is 4. The monoisotopic (exact) mass is 753 g/mol. The van der Waals surface area contributed by atoms with Crippen molar-refractivity contribution in [3.8, 4) is 78.8 Å². The summed E-state index contributed by atoms with van der Waals surface area (Å²) in [6, 6.07) is 71.4. The van der Waals surface area contributed by atoms with Crippen LogP contribution in [0.4, 0.5) is 0 Å². The second-order valence-electron chi connectivity index (χ2n) is 14.6. The summed E-state index contributed by atoms with van der Waals surface area (Å²) in [5.74, 6) is 0.695. The highest BCUT2D eigenvalue weighted by atomic mass is 15.0. The summed E-state index contributed by atoms with van der Waals surface area (Å²) < 4.78 is 2.25. The smallest absolute Gasteiger partial charge is 0.160 e. The molecule has 0 spiro atoms. The summed E-state index contributed by atoms with van der Waals surface area (Å²) in [7, 11) is 0. The lowest BCUT2D eigenvalue weighted by Crippen LogP contribution is -1.96. The summed E-state index contributed by atoms with van der Waals surface area (Å²) in [4.78, 5) is 21.1. The number of benzene rings is 7. The fourth-order valence-electron chi connectivity index (χ4n) is 8.21. The maximum atomic E-state index is 5.52. The van der Waals surface area contributed by atoms with Crippen molar-refractivity contribution in [1.29, 1.82) is 0 Å². The van der Waals surface area contributed by atoms with Crippen molar-refractivity contribution in [3.63, 3.8) is 0 Å². The molecule has 0 fully saturated rings. The average Bonchev–Trinajstić information content (AvgIpc) is 3.72. The summed E-state index contributed by atoms with van der Waals surface area (Å²) in [6.45, 7) is 0. The molecular formula is C54H35N5. The molecule has 5 nitrogen and oxygen atoms in total. The normalized spacial score (nSPS) is 11.4. The molecule has 0 aliphatic rings. The van der Waals surface area contributed by atoms with Crippen molar-refractivity contribution in [2.45, 2.75) is 0 Å². The zero-order valence-electron chi connectivity index (χ0n) is 31.9. The van der Waals surface area contributed by atoms with Gasteiger partial charge in [0.1, 0.15) is 5.65 Å². The van der Waals surface area contributed by atoms with E-state index in [9.17, 15) is 0 Å². The standard InChI is InChI=1S/C54H35N5/c1-6-17-37(18-7-1)46-35-47(56-53(55-46)42-25-14-5-15-26-42)38-31-29-36(30-32-38)43-27-16-28-44-48-45(49(57-51(43)44)39-19-8-2-9-20-39)33-34-59-52(41-23-12-4-13-24-41)50(58-54(48)59)40-21-10-3-11-22-40/h1-35H. The van der Waals surface area contributed by atoms with E-state index in [1.807, 2.05) is 48.5 Å². The Kier molecular flexibility index (Phi) is 8.41. The van der Waals surface area contributed by atoms with Crippen molar-refractivity contribution in [2.24, 2.45) is 0 Å². The Balaban J connectivity index is 1.12. The molecule has 0 saturated heterocycles. The fourth-order valence-corrected chi connectivity index (χ4v) is 8.21. The molecule has 0 atom stereocenters. The van der Waals surface area contributed by atoms with Crippen molar-refractivity contribution in [1.82, 2.24) is 24.3 Å². The third-order valence-electron chi connectivity index (χ3n) is 11.0. The molecule has 7 aromatic carbocycles. The van der Waals surface area contributed by atoms with Gasteiger partial charge in [-0.2, -0.15) is 0 Å². The molecule has 0 bridgehead atoms. The van der Waals surface area contributed by atoms with E-state index in [4.69, 9.17) is 19.9 Å². The first-order valence-corrected chi connectivity index (χ1v) is 19.8. The van der Waals surface area contributed by atoms with Crippen molar-refractivity contribution < 1.29 is 0 Å². The van der Waals surface area contributed by atoms with Gasteiger partial charge < -0.3 is 0 Å². The lowest BCUT2D eigenvalue weighted by atomic mass is 9.95. The van der Waals surface area contributed by atoms with Crippen molar-refractivity contribution in [2.75, 3.05) is 0 Å². The molecule has 0 amide bonds. The van der Waals surface area contributed by atoms with Crippen LogP contribution in [0.2, 0.25) is 0 Å². The molecule has 11 aromatic rings. The molecular weight excluding hydrogens is 719 g/mol. The van der Waals surface area contributed by atoms with Gasteiger partial charge in [-0.3, -0.25) is 4.40 Å². The molecule has 4 heterocycles. The van der Waals surface area contributed by atoms with Crippen LogP contribution < -0.4 is 0 Å². The van der Waals surface area contributed by atoms with Crippen molar-refractivity contribution >= 4 is 27.3 Å². The average molecular weight is 754 g/mol. The first-order chi connectivity index (χ1) is 29.3. The van der Waals surface area contributed by atoms with Crippen LogP contribution >= 0.6 is 0 Å². The molecule has 276 valence electrons. The number of hydrogen-bond donors (Lipinski definition) is 0. The van der Waals surface area contributed by atoms with E-state index in [0.29, 0.717) is 5.82 Å². The number of para-hydroxylation sites is 1. The molecule has 5 heteroatoms. The van der Waals surface area contributed by atoms with Crippen LogP contribution in [0.1, 0.15) is 0 Å². The van der Waals surface area contributed by atoms with Crippen LogP contribution in [0.3, 0.4) is 0 Å². The summed E-state index contributed by atoms with van der Waals surface area (Å²) in [5.41, 5.74) is 14.9. The zero-order valence-corrected chi connectivity index (χ0v) is 31.9. The van der Waals surface area contributed by atoms with Crippen molar-refractivity contribution in [3.05, 3.63) is 212 Å². The summed E-state index contributed by atoms with van der Waals surface area (Å²) in [6.07, 6.45) is 2.15. The van der Waals surface area contributed by atoms with E-state index < -0.39 is 0 Å². The number of nitrogens with zero attached hydrogens (tertiary/aromatic N) is 5. The molecule has 0 unspecified atom stereocenters. The number of pyridine rings is 2. The van der Waals surface area contributed by atoms with Crippen LogP contribution in [-0.4, -0.2) is 24.3 Å². The SMILES string of the molecule is c1ccc(-c2cc(-c3ccc(-c4cccc5c4nc(-c4ccccc4)c4ccn6c(-c7ccccc7)c(-c7ccccc7)nc6c45)cc3)nc(-c3ccccc3)n2)cc1. The number of imidazole rings is 1. The third-order valence-corrected chi connectivity index (χ3v) is 11.0. The highest BCUT2D eigenvalue weighted by molar-refractivity contribution is 6.19. The molecule has 0 N–H and O–H groups in total. The topological polar surface area (TPSA) is 56.0 Å². The van der Waals surface area contributed by atoms with E-state index in [0.717, 1.165) is 100 Å². The minimum Gasteiger partial charge on any atom is -0.298 e. The van der Waals surface area contributed by atoms with E-state index >= 15 is 0 Å². The number of rotatable bonds is 7. The van der Waals surface area contributed by atoms with Gasteiger partial charge in [0, 0.05) is 61.3 Å². The third kappa shape index (κ3) is 6.13. The van der Waals surface area contributed by atoms with Gasteiger partial charge in [0.15, 0.2) is 5.82 Å². The predicted octanol–water partition coefficient (Wildman–Crippen LogP) is 13.5. The molecule has 59 heavy (non-hydrogen) atoms. The molecule has 4 aromatic heterocycles. The Morgan fingerprint density at radius 1 is 0.339 bits per heavy atom. The van der Waals surface area contributed by atoms with Gasteiger partial charge in [0.25, 0.3) is 0 Å². The molecule has 11 rings (SSSR count). The van der Waals surface area contributed by atoms with Gasteiger partial charge in [0.2, 0.25) is 0 Å². The Bertz CT molecular complexity index is 3220. The molecule has 0 saturated carbocycles. The minimum atomic E-state index is 0.695. The van der Waals surface area contributed by atoms with E-state index in [1.54, 1.807) is 0 Å². The predicted molar refractivity (Wildman–Crippen MR) is 242 cm³/mol. The first-order valence-electron chi connectivity index (χ1n) is 19.8. The van der Waals surface area contributed by atoms with Gasteiger partial charge in [0.05, 0.1) is 34.0 Å². The first kappa shape index (κ1) is 34.2. The van der Waals surface area contributed by atoms with Gasteiger partial charge in [-0.1, -0.05) is 194 Å². The Labute approximate surface area is 341 Å².